The highest BCUT2D eigenvalue weighted by atomic mass is 35.5. The van der Waals surface area contributed by atoms with Crippen molar-refractivity contribution in [3.8, 4) is 0 Å². The van der Waals surface area contributed by atoms with Crippen LogP contribution in [0.25, 0.3) is 0 Å². The minimum Gasteiger partial charge on any atom is -0.278 e. The number of benzene rings is 2. The summed E-state index contributed by atoms with van der Waals surface area (Å²) in [5.41, 5.74) is 4.33. The van der Waals surface area contributed by atoms with Crippen molar-refractivity contribution in [3.63, 3.8) is 0 Å². The Labute approximate surface area is 114 Å². The van der Waals surface area contributed by atoms with Crippen LogP contribution in [0, 0.1) is 5.82 Å². The molecule has 0 radical (unpaired) electrons. The number of anilines is 1. The molecule has 0 unspecified atom stereocenters. The molecule has 0 aliphatic carbocycles. The van der Waals surface area contributed by atoms with Crippen molar-refractivity contribution in [3.05, 3.63) is 63.9 Å². The van der Waals surface area contributed by atoms with Crippen LogP contribution in [0.1, 0.15) is 5.56 Å². The molecule has 2 rings (SSSR count). The van der Waals surface area contributed by atoms with E-state index in [0.29, 0.717) is 10.0 Å². The quantitative estimate of drug-likeness (QED) is 0.647. The van der Waals surface area contributed by atoms with Gasteiger partial charge in [-0.25, -0.2) is 4.39 Å². The van der Waals surface area contributed by atoms with Crippen LogP contribution in [0.4, 0.5) is 10.1 Å². The summed E-state index contributed by atoms with van der Waals surface area (Å²) < 4.78 is 12.7. The molecule has 1 N–H and O–H groups in total. The lowest BCUT2D eigenvalue weighted by Gasteiger charge is -2.01. The van der Waals surface area contributed by atoms with Crippen LogP contribution in [0.15, 0.2) is 47.6 Å². The first-order chi connectivity index (χ1) is 8.65. The lowest BCUT2D eigenvalue weighted by atomic mass is 10.2. The van der Waals surface area contributed by atoms with Gasteiger partial charge in [0, 0.05) is 0 Å². The van der Waals surface area contributed by atoms with Crippen molar-refractivity contribution in [2.24, 2.45) is 5.10 Å². The van der Waals surface area contributed by atoms with Crippen molar-refractivity contribution in [2.75, 3.05) is 5.43 Å². The van der Waals surface area contributed by atoms with Crippen LogP contribution >= 0.6 is 23.2 Å². The molecule has 0 saturated carbocycles. The van der Waals surface area contributed by atoms with Gasteiger partial charge in [0.05, 0.1) is 21.9 Å². The van der Waals surface area contributed by atoms with Gasteiger partial charge in [-0.1, -0.05) is 35.3 Å². The summed E-state index contributed by atoms with van der Waals surface area (Å²) in [5, 5.41) is 4.96. The maximum Gasteiger partial charge on any atom is 0.123 e. The Kier molecular flexibility index (Phi) is 4.18. The normalized spacial score (nSPS) is 10.8. The molecule has 0 bridgehead atoms. The SMILES string of the molecule is Fc1ccc(C=NNc2ccc(Cl)c(Cl)c2)cc1. The van der Waals surface area contributed by atoms with Crippen LogP contribution in [-0.2, 0) is 0 Å². The Bertz CT molecular complexity index is 568. The lowest BCUT2D eigenvalue weighted by molar-refractivity contribution is 0.628. The third-order valence-corrected chi connectivity index (χ3v) is 2.94. The molecular formula is C13H9Cl2FN2. The third-order valence-electron chi connectivity index (χ3n) is 2.20. The standard InChI is InChI=1S/C13H9Cl2FN2/c14-12-6-5-11(7-13(12)15)18-17-8-9-1-3-10(16)4-2-9/h1-8,18H. The molecule has 0 aliphatic rings. The van der Waals surface area contributed by atoms with E-state index in [0.717, 1.165) is 11.3 Å². The summed E-state index contributed by atoms with van der Waals surface area (Å²) >= 11 is 11.7. The minimum absolute atomic E-state index is 0.274. The molecule has 92 valence electrons. The second-order valence-corrected chi connectivity index (χ2v) is 4.36. The van der Waals surface area contributed by atoms with Gasteiger partial charge in [0.15, 0.2) is 0 Å². The number of hydrogen-bond donors (Lipinski definition) is 1. The molecule has 2 aromatic carbocycles. The molecule has 0 saturated heterocycles. The van der Waals surface area contributed by atoms with E-state index in [4.69, 9.17) is 23.2 Å². The molecule has 0 fully saturated rings. The van der Waals surface area contributed by atoms with E-state index < -0.39 is 0 Å². The number of nitrogens with one attached hydrogen (secondary N) is 1. The topological polar surface area (TPSA) is 24.4 Å². The van der Waals surface area contributed by atoms with E-state index in [1.807, 2.05) is 0 Å². The first-order valence-electron chi connectivity index (χ1n) is 5.15. The first-order valence-corrected chi connectivity index (χ1v) is 5.90. The summed E-state index contributed by atoms with van der Waals surface area (Å²) in [7, 11) is 0. The minimum atomic E-state index is -0.274. The Morgan fingerprint density at radius 3 is 2.39 bits per heavy atom. The fourth-order valence-corrected chi connectivity index (χ4v) is 1.59. The summed E-state index contributed by atoms with van der Waals surface area (Å²) in [6, 6.07) is 11.1. The second kappa shape index (κ2) is 5.85. The van der Waals surface area contributed by atoms with E-state index in [9.17, 15) is 4.39 Å². The van der Waals surface area contributed by atoms with E-state index in [1.54, 1.807) is 36.5 Å². The maximum atomic E-state index is 12.7. The molecule has 0 atom stereocenters. The van der Waals surface area contributed by atoms with Crippen LogP contribution in [0.2, 0.25) is 10.0 Å². The summed E-state index contributed by atoms with van der Waals surface area (Å²) in [6.45, 7) is 0. The maximum absolute atomic E-state index is 12.7. The molecule has 0 amide bonds. The number of hydrazone groups is 1. The van der Waals surface area contributed by atoms with Gasteiger partial charge in [-0.05, 0) is 35.9 Å². The number of hydrogen-bond acceptors (Lipinski definition) is 2. The van der Waals surface area contributed by atoms with Crippen molar-refractivity contribution >= 4 is 35.1 Å². The van der Waals surface area contributed by atoms with Crippen LogP contribution in [0.3, 0.4) is 0 Å². The summed E-state index contributed by atoms with van der Waals surface area (Å²) in [4.78, 5) is 0. The number of halogens is 3. The van der Waals surface area contributed by atoms with E-state index >= 15 is 0 Å². The van der Waals surface area contributed by atoms with Gasteiger partial charge in [0.1, 0.15) is 5.82 Å². The van der Waals surface area contributed by atoms with Gasteiger partial charge >= 0.3 is 0 Å². The average molecular weight is 283 g/mol. The van der Waals surface area contributed by atoms with Gasteiger partial charge in [-0.3, -0.25) is 5.43 Å². The zero-order valence-corrected chi connectivity index (χ0v) is 10.7. The Morgan fingerprint density at radius 1 is 1.00 bits per heavy atom. The predicted octanol–water partition coefficient (Wildman–Crippen LogP) is 4.58. The second-order valence-electron chi connectivity index (χ2n) is 3.55. The zero-order chi connectivity index (χ0) is 13.0. The highest BCUT2D eigenvalue weighted by Gasteiger charge is 1.97. The largest absolute Gasteiger partial charge is 0.278 e. The zero-order valence-electron chi connectivity index (χ0n) is 9.20. The van der Waals surface area contributed by atoms with E-state index in [1.165, 1.54) is 12.1 Å². The van der Waals surface area contributed by atoms with Crippen LogP contribution in [-0.4, -0.2) is 6.21 Å². The van der Waals surface area contributed by atoms with Crippen molar-refractivity contribution in [1.29, 1.82) is 0 Å². The van der Waals surface area contributed by atoms with Gasteiger partial charge in [-0.2, -0.15) is 5.10 Å². The van der Waals surface area contributed by atoms with Crippen molar-refractivity contribution < 1.29 is 4.39 Å². The summed E-state index contributed by atoms with van der Waals surface area (Å²) in [5.74, 6) is -0.274. The van der Waals surface area contributed by atoms with E-state index in [2.05, 4.69) is 10.5 Å². The molecule has 5 heteroatoms. The molecule has 2 aromatic rings. The number of nitrogens with zero attached hydrogens (tertiary/aromatic N) is 1. The third kappa shape index (κ3) is 3.45. The van der Waals surface area contributed by atoms with Gasteiger partial charge in [0.2, 0.25) is 0 Å². The first kappa shape index (κ1) is 12.9. The van der Waals surface area contributed by atoms with Gasteiger partial charge in [-0.15, -0.1) is 0 Å². The number of rotatable bonds is 3. The fraction of sp³-hybridized carbons (Fsp3) is 0. The molecule has 18 heavy (non-hydrogen) atoms. The molecule has 0 heterocycles. The highest BCUT2D eigenvalue weighted by Crippen LogP contribution is 2.24. The van der Waals surface area contributed by atoms with Crippen LogP contribution < -0.4 is 5.43 Å². The Hall–Kier alpha value is -1.58. The Morgan fingerprint density at radius 2 is 1.72 bits per heavy atom. The highest BCUT2D eigenvalue weighted by molar-refractivity contribution is 6.42. The van der Waals surface area contributed by atoms with E-state index in [-0.39, 0.29) is 5.82 Å². The fourth-order valence-electron chi connectivity index (χ4n) is 1.30. The molecular weight excluding hydrogens is 274 g/mol. The predicted molar refractivity (Wildman–Crippen MR) is 74.1 cm³/mol. The molecule has 2 nitrogen and oxygen atoms in total. The summed E-state index contributed by atoms with van der Waals surface area (Å²) in [6.07, 6.45) is 1.59. The lowest BCUT2D eigenvalue weighted by Crippen LogP contribution is -1.90. The molecule has 0 spiro atoms. The Balaban J connectivity index is 2.02. The van der Waals surface area contributed by atoms with Crippen molar-refractivity contribution in [2.45, 2.75) is 0 Å². The van der Waals surface area contributed by atoms with Crippen molar-refractivity contribution in [1.82, 2.24) is 0 Å². The molecule has 0 aliphatic heterocycles. The molecule has 0 aromatic heterocycles. The van der Waals surface area contributed by atoms with Gasteiger partial charge < -0.3 is 0 Å². The average Bonchev–Trinajstić information content (AvgIpc) is 2.36. The smallest absolute Gasteiger partial charge is 0.123 e. The van der Waals surface area contributed by atoms with Crippen LogP contribution in [0.5, 0.6) is 0 Å². The monoisotopic (exact) mass is 282 g/mol. The van der Waals surface area contributed by atoms with Gasteiger partial charge in [0.25, 0.3) is 0 Å².